The third-order valence-corrected chi connectivity index (χ3v) is 10.1. The molecule has 0 radical (unpaired) electrons. The fourth-order valence-electron chi connectivity index (χ4n) is 4.09. The second kappa shape index (κ2) is 12.7. The first-order valence-electron chi connectivity index (χ1n) is 12.6. The summed E-state index contributed by atoms with van der Waals surface area (Å²) < 4.78 is 50.7. The lowest BCUT2D eigenvalue weighted by molar-refractivity contribution is -0.161. The molecule has 0 spiro atoms. The molecule has 3 unspecified atom stereocenters. The molecule has 1 heterocycles. The van der Waals surface area contributed by atoms with Crippen LogP contribution in [0.1, 0.15) is 23.6 Å². The highest BCUT2D eigenvalue weighted by Gasteiger charge is 2.55. The summed E-state index contributed by atoms with van der Waals surface area (Å²) in [7, 11) is -1.89. The van der Waals surface area contributed by atoms with Gasteiger partial charge in [0.15, 0.2) is 12.1 Å². The monoisotopic (exact) mass is 596 g/mol. The van der Waals surface area contributed by atoms with Crippen molar-refractivity contribution in [2.24, 2.45) is 4.99 Å². The lowest BCUT2D eigenvalue weighted by atomic mass is 9.99. The van der Waals surface area contributed by atoms with Gasteiger partial charge in [-0.15, -0.1) is 0 Å². The standard InChI is InChI=1S/C30H29FN2O6S2/c1-19(2)27(30(35)39-18-22-9-13-24(38-4)14-10-22)33-28(34)26(32-17-21-7-11-23(31)12-8-21)29(33)40-41(36,37)25-15-5-20(3)6-16-25/h5-17,26-27,29H,1,18H2,2-4H3. The zero-order valence-corrected chi connectivity index (χ0v) is 24.3. The number of β-lactam (4-membered cyclic amide) rings is 1. The number of esters is 1. The van der Waals surface area contributed by atoms with Gasteiger partial charge in [0.2, 0.25) is 8.87 Å². The Morgan fingerprint density at radius 3 is 2.32 bits per heavy atom. The van der Waals surface area contributed by atoms with E-state index in [1.165, 1.54) is 42.6 Å². The van der Waals surface area contributed by atoms with E-state index in [1.54, 1.807) is 50.4 Å². The van der Waals surface area contributed by atoms with Crippen molar-refractivity contribution in [1.82, 2.24) is 4.90 Å². The second-order valence-electron chi connectivity index (χ2n) is 9.48. The summed E-state index contributed by atoms with van der Waals surface area (Å²) in [5.41, 5.74) is 2.41. The van der Waals surface area contributed by atoms with Gasteiger partial charge in [-0.3, -0.25) is 9.79 Å². The second-order valence-corrected chi connectivity index (χ2v) is 13.4. The molecule has 1 aliphatic rings. The number of methoxy groups -OCH3 is 1. The van der Waals surface area contributed by atoms with Crippen molar-refractivity contribution >= 4 is 37.8 Å². The number of benzene rings is 3. The summed E-state index contributed by atoms with van der Waals surface area (Å²) in [5, 5.41) is -1.05. The number of nitrogens with zero attached hydrogens (tertiary/aromatic N) is 2. The van der Waals surface area contributed by atoms with Gasteiger partial charge in [0.25, 0.3) is 5.91 Å². The van der Waals surface area contributed by atoms with Crippen LogP contribution in [0.3, 0.4) is 0 Å². The quantitative estimate of drug-likeness (QED) is 0.102. The van der Waals surface area contributed by atoms with Gasteiger partial charge in [0, 0.05) is 17.0 Å². The van der Waals surface area contributed by atoms with E-state index in [1.807, 2.05) is 6.92 Å². The van der Waals surface area contributed by atoms with E-state index in [0.29, 0.717) is 33.2 Å². The number of rotatable bonds is 11. The van der Waals surface area contributed by atoms with E-state index < -0.39 is 44.0 Å². The zero-order chi connectivity index (χ0) is 29.7. The average molecular weight is 597 g/mol. The number of halogens is 1. The highest BCUT2D eigenvalue weighted by Crippen LogP contribution is 2.41. The van der Waals surface area contributed by atoms with Crippen molar-refractivity contribution in [3.63, 3.8) is 0 Å². The molecule has 11 heteroatoms. The number of carbonyl (C=O) groups is 2. The molecule has 1 fully saturated rings. The number of aliphatic imine (C=N–C) groups is 1. The number of likely N-dealkylation sites (tertiary alicyclic amines) is 1. The van der Waals surface area contributed by atoms with Crippen LogP contribution < -0.4 is 4.74 Å². The molecule has 41 heavy (non-hydrogen) atoms. The third-order valence-electron chi connectivity index (χ3n) is 6.35. The summed E-state index contributed by atoms with van der Waals surface area (Å²) in [6.07, 6.45) is 1.38. The summed E-state index contributed by atoms with van der Waals surface area (Å²) in [5.74, 6) is -1.09. The Labute approximate surface area is 242 Å². The molecular formula is C30H29FN2O6S2. The summed E-state index contributed by atoms with van der Waals surface area (Å²) in [6.45, 7) is 7.21. The SMILES string of the molecule is C=C(C)C(C(=O)OCc1ccc(OC)cc1)N1C(=O)C(N=Cc2ccc(F)cc2)C1SS(=O)(=O)c1ccc(C)cc1. The minimum absolute atomic E-state index is 0.0580. The van der Waals surface area contributed by atoms with E-state index in [4.69, 9.17) is 9.47 Å². The van der Waals surface area contributed by atoms with Crippen molar-refractivity contribution in [3.8, 4) is 5.75 Å². The largest absolute Gasteiger partial charge is 0.497 e. The Kier molecular flexibility index (Phi) is 9.29. The van der Waals surface area contributed by atoms with E-state index in [0.717, 1.165) is 10.5 Å². The van der Waals surface area contributed by atoms with Crippen molar-refractivity contribution in [1.29, 1.82) is 0 Å². The lowest BCUT2D eigenvalue weighted by Gasteiger charge is -2.47. The molecule has 0 aromatic heterocycles. The molecule has 0 aliphatic carbocycles. The molecule has 1 amide bonds. The Hall–Kier alpha value is -3.96. The predicted octanol–water partition coefficient (Wildman–Crippen LogP) is 4.91. The van der Waals surface area contributed by atoms with E-state index in [2.05, 4.69) is 11.6 Å². The van der Waals surface area contributed by atoms with Crippen molar-refractivity contribution in [2.75, 3.05) is 7.11 Å². The minimum Gasteiger partial charge on any atom is -0.497 e. The van der Waals surface area contributed by atoms with Crippen molar-refractivity contribution in [3.05, 3.63) is 107 Å². The first kappa shape index (κ1) is 30.0. The van der Waals surface area contributed by atoms with Gasteiger partial charge in [-0.1, -0.05) is 48.5 Å². The molecule has 3 atom stereocenters. The van der Waals surface area contributed by atoms with Gasteiger partial charge in [-0.25, -0.2) is 17.6 Å². The number of ether oxygens (including phenoxy) is 2. The molecule has 1 aliphatic heterocycles. The lowest BCUT2D eigenvalue weighted by Crippen LogP contribution is -2.67. The van der Waals surface area contributed by atoms with Gasteiger partial charge in [0.1, 0.15) is 23.5 Å². The molecule has 0 N–H and O–H groups in total. The first-order chi connectivity index (χ1) is 19.5. The molecule has 0 saturated carbocycles. The Morgan fingerprint density at radius 2 is 1.73 bits per heavy atom. The normalized spacial score (nSPS) is 17.7. The highest BCUT2D eigenvalue weighted by molar-refractivity contribution is 8.72. The van der Waals surface area contributed by atoms with Gasteiger partial charge in [-0.2, -0.15) is 0 Å². The third kappa shape index (κ3) is 7.04. The maximum absolute atomic E-state index is 13.4. The highest BCUT2D eigenvalue weighted by atomic mass is 33.1. The van der Waals surface area contributed by atoms with E-state index in [-0.39, 0.29) is 11.5 Å². The molecule has 214 valence electrons. The predicted molar refractivity (Wildman–Crippen MR) is 156 cm³/mol. The molecule has 0 bridgehead atoms. The number of carbonyl (C=O) groups excluding carboxylic acids is 2. The van der Waals surface area contributed by atoms with Crippen molar-refractivity contribution in [2.45, 2.75) is 42.8 Å². The Balaban J connectivity index is 1.60. The maximum atomic E-state index is 13.4. The Bertz CT molecular complexity index is 1560. The number of hydrogen-bond donors (Lipinski definition) is 0. The van der Waals surface area contributed by atoms with Crippen LogP contribution in [-0.2, 0) is 29.8 Å². The average Bonchev–Trinajstić information content (AvgIpc) is 2.95. The molecular weight excluding hydrogens is 567 g/mol. The van der Waals surface area contributed by atoms with Crippen LogP contribution in [0.2, 0.25) is 0 Å². The van der Waals surface area contributed by atoms with Crippen LogP contribution in [0, 0.1) is 12.7 Å². The molecule has 3 aromatic rings. The zero-order valence-electron chi connectivity index (χ0n) is 22.7. The van der Waals surface area contributed by atoms with Crippen LogP contribution in [0.25, 0.3) is 0 Å². The van der Waals surface area contributed by atoms with Gasteiger partial charge < -0.3 is 14.4 Å². The van der Waals surface area contributed by atoms with Crippen LogP contribution >= 0.6 is 10.8 Å². The molecule has 1 saturated heterocycles. The van der Waals surface area contributed by atoms with E-state index >= 15 is 0 Å². The fraction of sp³-hybridized carbons (Fsp3) is 0.233. The number of hydrogen-bond acceptors (Lipinski definition) is 8. The first-order valence-corrected chi connectivity index (χ1v) is 15.4. The Morgan fingerprint density at radius 1 is 1.10 bits per heavy atom. The van der Waals surface area contributed by atoms with Crippen molar-refractivity contribution < 1.29 is 31.9 Å². The summed E-state index contributed by atoms with van der Waals surface area (Å²) >= 11 is 0. The smallest absolute Gasteiger partial charge is 0.333 e. The minimum atomic E-state index is -3.96. The van der Waals surface area contributed by atoms with Gasteiger partial charge in [-0.05, 0) is 66.9 Å². The van der Waals surface area contributed by atoms with Gasteiger partial charge in [0.05, 0.1) is 12.0 Å². The van der Waals surface area contributed by atoms with E-state index in [9.17, 15) is 22.4 Å². The van der Waals surface area contributed by atoms with Crippen LogP contribution in [0.5, 0.6) is 5.75 Å². The van der Waals surface area contributed by atoms with Gasteiger partial charge >= 0.3 is 5.97 Å². The van der Waals surface area contributed by atoms with Crippen LogP contribution in [0.15, 0.2) is 94.8 Å². The fourth-order valence-corrected chi connectivity index (χ4v) is 7.58. The van der Waals surface area contributed by atoms with Crippen LogP contribution in [-0.4, -0.2) is 56.0 Å². The maximum Gasteiger partial charge on any atom is 0.333 e. The molecule has 8 nitrogen and oxygen atoms in total. The number of amides is 1. The molecule has 3 aromatic carbocycles. The molecule has 4 rings (SSSR count). The number of aryl methyl sites for hydroxylation is 1. The van der Waals surface area contributed by atoms with Crippen LogP contribution in [0.4, 0.5) is 4.39 Å². The summed E-state index contributed by atoms with van der Waals surface area (Å²) in [4.78, 5) is 32.2. The summed E-state index contributed by atoms with van der Waals surface area (Å²) in [6, 6.07) is 16.4. The topological polar surface area (TPSA) is 102 Å².